The minimum Gasteiger partial charge on any atom is -0.349 e. The zero-order valence-electron chi connectivity index (χ0n) is 13.2. The zero-order chi connectivity index (χ0) is 14.5. The van der Waals surface area contributed by atoms with Crippen molar-refractivity contribution < 1.29 is 4.79 Å². The molecule has 2 rings (SSSR count). The Hall–Kier alpha value is -0.570. The molecule has 3 heteroatoms. The van der Waals surface area contributed by atoms with E-state index in [0.29, 0.717) is 12.5 Å². The van der Waals surface area contributed by atoms with Gasteiger partial charge >= 0.3 is 0 Å². The summed E-state index contributed by atoms with van der Waals surface area (Å²) in [5.74, 6) is 0.826. The second kappa shape index (κ2) is 4.47. The van der Waals surface area contributed by atoms with Crippen molar-refractivity contribution in [1.29, 1.82) is 0 Å². The van der Waals surface area contributed by atoms with Crippen molar-refractivity contribution in [3.05, 3.63) is 0 Å². The predicted octanol–water partition coefficient (Wildman–Crippen LogP) is 2.69. The number of hydrogen-bond donors (Lipinski definition) is 2. The molecule has 110 valence electrons. The first-order chi connectivity index (χ1) is 8.69. The summed E-state index contributed by atoms with van der Waals surface area (Å²) in [4.78, 5) is 12.6. The standard InChI is InChI=1S/C16H30N2O/c1-11-8-6-7-9-16(11,10-17)18-13(19)12-14(2,3)15(12,4)5/h11-12H,6-10,17H2,1-5H3,(H,18,19). The van der Waals surface area contributed by atoms with Gasteiger partial charge in [0.05, 0.1) is 5.54 Å². The molecule has 19 heavy (non-hydrogen) atoms. The van der Waals surface area contributed by atoms with Crippen LogP contribution in [0, 0.1) is 22.7 Å². The third kappa shape index (κ3) is 2.10. The molecular weight excluding hydrogens is 236 g/mol. The Morgan fingerprint density at radius 1 is 1.21 bits per heavy atom. The summed E-state index contributed by atoms with van der Waals surface area (Å²) in [5, 5.41) is 3.34. The molecule has 0 aliphatic heterocycles. The van der Waals surface area contributed by atoms with Crippen LogP contribution in [0.2, 0.25) is 0 Å². The summed E-state index contributed by atoms with van der Waals surface area (Å²) < 4.78 is 0. The van der Waals surface area contributed by atoms with Gasteiger partial charge in [0.25, 0.3) is 0 Å². The third-order valence-corrected chi connectivity index (χ3v) is 6.47. The molecule has 2 aliphatic rings. The van der Waals surface area contributed by atoms with E-state index in [-0.39, 0.29) is 28.2 Å². The van der Waals surface area contributed by atoms with Gasteiger partial charge in [-0.1, -0.05) is 47.5 Å². The van der Waals surface area contributed by atoms with Crippen molar-refractivity contribution in [2.75, 3.05) is 6.54 Å². The normalized spacial score (nSPS) is 36.8. The zero-order valence-corrected chi connectivity index (χ0v) is 13.2. The highest BCUT2D eigenvalue weighted by atomic mass is 16.2. The average Bonchev–Trinajstić information content (AvgIpc) is 2.73. The van der Waals surface area contributed by atoms with Gasteiger partial charge in [-0.2, -0.15) is 0 Å². The number of amides is 1. The lowest BCUT2D eigenvalue weighted by Crippen LogP contribution is -2.59. The van der Waals surface area contributed by atoms with E-state index in [0.717, 1.165) is 6.42 Å². The van der Waals surface area contributed by atoms with Gasteiger partial charge in [0, 0.05) is 12.5 Å². The lowest BCUT2D eigenvalue weighted by atomic mass is 9.73. The topological polar surface area (TPSA) is 55.1 Å². The summed E-state index contributed by atoms with van der Waals surface area (Å²) in [7, 11) is 0. The summed E-state index contributed by atoms with van der Waals surface area (Å²) in [5.41, 5.74) is 6.06. The molecule has 2 saturated carbocycles. The Balaban J connectivity index is 2.10. The second-order valence-corrected chi connectivity index (χ2v) is 7.87. The first-order valence-corrected chi connectivity index (χ1v) is 7.71. The Morgan fingerprint density at radius 3 is 2.21 bits per heavy atom. The summed E-state index contributed by atoms with van der Waals surface area (Å²) in [6.45, 7) is 11.6. The van der Waals surface area contributed by atoms with Crippen LogP contribution in [0.15, 0.2) is 0 Å². The van der Waals surface area contributed by atoms with E-state index in [2.05, 4.69) is 39.9 Å². The van der Waals surface area contributed by atoms with Crippen LogP contribution >= 0.6 is 0 Å². The van der Waals surface area contributed by atoms with E-state index < -0.39 is 0 Å². The highest BCUT2D eigenvalue weighted by Crippen LogP contribution is 2.68. The van der Waals surface area contributed by atoms with Crippen molar-refractivity contribution in [3.63, 3.8) is 0 Å². The van der Waals surface area contributed by atoms with Crippen LogP contribution in [-0.4, -0.2) is 18.0 Å². The fourth-order valence-corrected chi connectivity index (χ4v) is 4.12. The van der Waals surface area contributed by atoms with Gasteiger partial charge in [-0.15, -0.1) is 0 Å². The highest BCUT2D eigenvalue weighted by Gasteiger charge is 2.68. The van der Waals surface area contributed by atoms with Crippen LogP contribution in [0.25, 0.3) is 0 Å². The molecule has 2 unspecified atom stereocenters. The smallest absolute Gasteiger partial charge is 0.224 e. The van der Waals surface area contributed by atoms with E-state index in [1.54, 1.807) is 0 Å². The molecule has 2 fully saturated rings. The lowest BCUT2D eigenvalue weighted by molar-refractivity contribution is -0.126. The molecule has 0 bridgehead atoms. The first-order valence-electron chi connectivity index (χ1n) is 7.71. The van der Waals surface area contributed by atoms with Crippen molar-refractivity contribution in [3.8, 4) is 0 Å². The van der Waals surface area contributed by atoms with E-state index in [1.165, 1.54) is 19.3 Å². The SMILES string of the molecule is CC1CCCCC1(CN)NC(=O)C1C(C)(C)C1(C)C. The van der Waals surface area contributed by atoms with E-state index >= 15 is 0 Å². The fraction of sp³-hybridized carbons (Fsp3) is 0.938. The molecule has 0 heterocycles. The lowest BCUT2D eigenvalue weighted by Gasteiger charge is -2.43. The summed E-state index contributed by atoms with van der Waals surface area (Å²) >= 11 is 0. The van der Waals surface area contributed by atoms with Gasteiger partial charge in [0.2, 0.25) is 5.91 Å². The molecule has 0 aromatic carbocycles. The van der Waals surface area contributed by atoms with Crippen molar-refractivity contribution >= 4 is 5.91 Å². The van der Waals surface area contributed by atoms with Crippen molar-refractivity contribution in [2.45, 2.75) is 65.8 Å². The molecule has 3 N–H and O–H groups in total. The molecule has 2 atom stereocenters. The van der Waals surface area contributed by atoms with Gasteiger partial charge in [0.1, 0.15) is 0 Å². The number of nitrogens with one attached hydrogen (secondary N) is 1. The quantitative estimate of drug-likeness (QED) is 0.825. The fourth-order valence-electron chi connectivity index (χ4n) is 4.12. The Morgan fingerprint density at radius 2 is 1.79 bits per heavy atom. The monoisotopic (exact) mass is 266 g/mol. The largest absolute Gasteiger partial charge is 0.349 e. The number of nitrogens with two attached hydrogens (primary N) is 1. The van der Waals surface area contributed by atoms with Crippen LogP contribution in [0.1, 0.15) is 60.3 Å². The highest BCUT2D eigenvalue weighted by molar-refractivity contribution is 5.84. The summed E-state index contributed by atoms with van der Waals surface area (Å²) in [6, 6.07) is 0. The minimum atomic E-state index is -0.163. The van der Waals surface area contributed by atoms with Crippen molar-refractivity contribution in [1.82, 2.24) is 5.32 Å². The molecule has 1 amide bonds. The third-order valence-electron chi connectivity index (χ3n) is 6.47. The Bertz CT molecular complexity index is 361. The van der Waals surface area contributed by atoms with Gasteiger partial charge in [0.15, 0.2) is 0 Å². The maximum Gasteiger partial charge on any atom is 0.224 e. The molecule has 2 aliphatic carbocycles. The minimum absolute atomic E-state index is 0.102. The average molecular weight is 266 g/mol. The van der Waals surface area contributed by atoms with Crippen LogP contribution in [0.3, 0.4) is 0 Å². The van der Waals surface area contributed by atoms with E-state index in [9.17, 15) is 4.79 Å². The maximum absolute atomic E-state index is 12.6. The second-order valence-electron chi connectivity index (χ2n) is 7.87. The molecule has 0 aromatic rings. The van der Waals surface area contributed by atoms with Gasteiger partial charge in [-0.25, -0.2) is 0 Å². The van der Waals surface area contributed by atoms with Crippen LogP contribution < -0.4 is 11.1 Å². The molecule has 0 spiro atoms. The molecular formula is C16H30N2O. The van der Waals surface area contributed by atoms with Gasteiger partial charge in [-0.3, -0.25) is 4.79 Å². The van der Waals surface area contributed by atoms with Crippen LogP contribution in [-0.2, 0) is 4.79 Å². The maximum atomic E-state index is 12.6. The molecule has 0 radical (unpaired) electrons. The number of carbonyl (C=O) groups is 1. The number of rotatable bonds is 3. The number of hydrogen-bond acceptors (Lipinski definition) is 2. The van der Waals surface area contributed by atoms with Crippen LogP contribution in [0.4, 0.5) is 0 Å². The van der Waals surface area contributed by atoms with Gasteiger partial charge in [-0.05, 0) is 29.6 Å². The Labute approximate surface area is 117 Å². The summed E-state index contributed by atoms with van der Waals surface area (Å²) in [6.07, 6.45) is 4.65. The molecule has 0 saturated heterocycles. The molecule has 0 aromatic heterocycles. The van der Waals surface area contributed by atoms with E-state index in [1.807, 2.05) is 0 Å². The van der Waals surface area contributed by atoms with Crippen molar-refractivity contribution in [2.24, 2.45) is 28.4 Å². The van der Waals surface area contributed by atoms with Crippen LogP contribution in [0.5, 0.6) is 0 Å². The van der Waals surface area contributed by atoms with Gasteiger partial charge < -0.3 is 11.1 Å². The first kappa shape index (κ1) is 14.8. The number of carbonyl (C=O) groups excluding carboxylic acids is 1. The Kier molecular flexibility index (Phi) is 3.49. The molecule has 3 nitrogen and oxygen atoms in total. The van der Waals surface area contributed by atoms with E-state index in [4.69, 9.17) is 5.73 Å². The predicted molar refractivity (Wildman–Crippen MR) is 78.6 cm³/mol.